The van der Waals surface area contributed by atoms with E-state index in [9.17, 15) is 19.2 Å². The van der Waals surface area contributed by atoms with Gasteiger partial charge in [0.05, 0.1) is 17.7 Å². The summed E-state index contributed by atoms with van der Waals surface area (Å²) in [5.41, 5.74) is 0.217. The molecule has 0 atom stereocenters. The maximum absolute atomic E-state index is 13.0. The van der Waals surface area contributed by atoms with E-state index in [1.807, 2.05) is 20.8 Å². The monoisotopic (exact) mass is 494 g/mol. The molecule has 0 aromatic carbocycles. The number of fused-ring (bicyclic) bond motifs is 1. The molecule has 1 amide bonds. The highest BCUT2D eigenvalue weighted by atomic mass is 35.5. The van der Waals surface area contributed by atoms with Gasteiger partial charge in [-0.3, -0.25) is 14.4 Å². The zero-order chi connectivity index (χ0) is 25.3. The summed E-state index contributed by atoms with van der Waals surface area (Å²) in [6.07, 6.45) is 5.16. The van der Waals surface area contributed by atoms with Gasteiger partial charge in [-0.15, -0.1) is 0 Å². The maximum Gasteiger partial charge on any atom is 0.341 e. The summed E-state index contributed by atoms with van der Waals surface area (Å²) in [4.78, 5) is 50.1. The van der Waals surface area contributed by atoms with E-state index in [1.54, 1.807) is 4.57 Å². The van der Waals surface area contributed by atoms with Crippen LogP contribution in [0.3, 0.4) is 0 Å². The molecule has 8 nitrogen and oxygen atoms in total. The molecule has 188 valence electrons. The third-order valence-electron chi connectivity index (χ3n) is 6.78. The zero-order valence-electron chi connectivity index (χ0n) is 20.7. The van der Waals surface area contributed by atoms with Crippen LogP contribution in [0.1, 0.15) is 92.8 Å². The van der Waals surface area contributed by atoms with Gasteiger partial charge >= 0.3 is 11.9 Å². The number of carbonyl (C=O) groups excluding carboxylic acids is 4. The number of esters is 2. The molecule has 1 aliphatic carbocycles. The van der Waals surface area contributed by atoms with E-state index in [1.165, 1.54) is 7.11 Å². The molecule has 1 aromatic rings. The second-order valence-electron chi connectivity index (χ2n) is 10.8. The molecule has 0 saturated heterocycles. The molecule has 2 heterocycles. The lowest BCUT2D eigenvalue weighted by molar-refractivity contribution is -0.156. The number of amides is 1. The second-order valence-corrected chi connectivity index (χ2v) is 11.2. The number of rotatable bonds is 7. The van der Waals surface area contributed by atoms with Crippen LogP contribution in [0.5, 0.6) is 0 Å². The first-order valence-corrected chi connectivity index (χ1v) is 12.3. The van der Waals surface area contributed by atoms with Gasteiger partial charge in [0, 0.05) is 25.2 Å². The largest absolute Gasteiger partial charge is 0.465 e. The Balaban J connectivity index is 1.58. The van der Waals surface area contributed by atoms with Gasteiger partial charge in [-0.05, 0) is 70.6 Å². The highest BCUT2D eigenvalue weighted by molar-refractivity contribution is 6.47. The molecule has 1 saturated carbocycles. The lowest BCUT2D eigenvalue weighted by Crippen LogP contribution is -2.41. The molecule has 9 heteroatoms. The van der Waals surface area contributed by atoms with Crippen LogP contribution in [0, 0.1) is 11.3 Å². The van der Waals surface area contributed by atoms with Gasteiger partial charge in [-0.2, -0.15) is 0 Å². The van der Waals surface area contributed by atoms with Gasteiger partial charge in [0.25, 0.3) is 11.7 Å². The van der Waals surface area contributed by atoms with E-state index in [2.05, 4.69) is 12.2 Å². The number of ketones is 1. The number of Topliss-reactive ketones (excluding diaryl/α,β-unsaturated/α-hetero) is 1. The Morgan fingerprint density at radius 2 is 1.82 bits per heavy atom. The van der Waals surface area contributed by atoms with Gasteiger partial charge < -0.3 is 19.4 Å². The van der Waals surface area contributed by atoms with Crippen LogP contribution in [-0.4, -0.2) is 47.5 Å². The van der Waals surface area contributed by atoms with Crippen LogP contribution in [0.15, 0.2) is 0 Å². The van der Waals surface area contributed by atoms with E-state index >= 15 is 0 Å². The Hall–Kier alpha value is -2.35. The molecule has 0 unspecified atom stereocenters. The van der Waals surface area contributed by atoms with Crippen molar-refractivity contribution in [3.63, 3.8) is 0 Å². The molecule has 1 N–H and O–H groups in total. The van der Waals surface area contributed by atoms with Crippen LogP contribution in [0.2, 0.25) is 5.02 Å². The summed E-state index contributed by atoms with van der Waals surface area (Å²) >= 11 is 6.37. The van der Waals surface area contributed by atoms with E-state index in [-0.39, 0.29) is 33.6 Å². The number of nitrogens with zero attached hydrogens (tertiary/aromatic N) is 1. The SMILES string of the molecule is COC(=O)c1c(Cl)c(C(=O)C(=O)NC[C@]2(C)CC[C@@H](CC(=O)OC(C)(C)C)CC2)n2c1CCC2. The van der Waals surface area contributed by atoms with Crippen molar-refractivity contribution in [3.8, 4) is 0 Å². The molecule has 0 radical (unpaired) electrons. The zero-order valence-corrected chi connectivity index (χ0v) is 21.5. The van der Waals surface area contributed by atoms with E-state index in [0.717, 1.165) is 32.1 Å². The molecule has 1 aliphatic heterocycles. The van der Waals surface area contributed by atoms with Crippen LogP contribution in [0.25, 0.3) is 0 Å². The number of aromatic nitrogens is 1. The fraction of sp³-hybridized carbons (Fsp3) is 0.680. The van der Waals surface area contributed by atoms with Crippen LogP contribution >= 0.6 is 11.6 Å². The average molecular weight is 495 g/mol. The summed E-state index contributed by atoms with van der Waals surface area (Å²) in [5.74, 6) is -2.00. The Morgan fingerprint density at radius 3 is 2.41 bits per heavy atom. The fourth-order valence-electron chi connectivity index (χ4n) is 4.93. The van der Waals surface area contributed by atoms with Crippen molar-refractivity contribution >= 4 is 35.2 Å². The summed E-state index contributed by atoms with van der Waals surface area (Å²) < 4.78 is 11.9. The lowest BCUT2D eigenvalue weighted by atomic mass is 9.71. The molecule has 1 fully saturated rings. The summed E-state index contributed by atoms with van der Waals surface area (Å²) in [6, 6.07) is 0. The average Bonchev–Trinajstić information content (AvgIpc) is 3.31. The Morgan fingerprint density at radius 1 is 1.18 bits per heavy atom. The summed E-state index contributed by atoms with van der Waals surface area (Å²) in [6.45, 7) is 8.54. The summed E-state index contributed by atoms with van der Waals surface area (Å²) in [5, 5.41) is 2.76. The smallest absolute Gasteiger partial charge is 0.341 e. The Labute approximate surface area is 205 Å². The third-order valence-corrected chi connectivity index (χ3v) is 7.15. The topological polar surface area (TPSA) is 104 Å². The van der Waals surface area contributed by atoms with Gasteiger partial charge in [-0.1, -0.05) is 18.5 Å². The minimum Gasteiger partial charge on any atom is -0.465 e. The van der Waals surface area contributed by atoms with Gasteiger partial charge in [0.15, 0.2) is 0 Å². The minimum absolute atomic E-state index is 0.0180. The van der Waals surface area contributed by atoms with Gasteiger partial charge in [0.1, 0.15) is 11.3 Å². The highest BCUT2D eigenvalue weighted by Crippen LogP contribution is 2.40. The van der Waals surface area contributed by atoms with Crippen molar-refractivity contribution in [2.75, 3.05) is 13.7 Å². The highest BCUT2D eigenvalue weighted by Gasteiger charge is 2.37. The van der Waals surface area contributed by atoms with Crippen LogP contribution < -0.4 is 5.32 Å². The van der Waals surface area contributed by atoms with Gasteiger partial charge in [-0.25, -0.2) is 4.79 Å². The molecule has 2 aliphatic rings. The first-order chi connectivity index (χ1) is 15.8. The summed E-state index contributed by atoms with van der Waals surface area (Å²) in [7, 11) is 1.26. The van der Waals surface area contributed by atoms with Crippen LogP contribution in [-0.2, 0) is 32.0 Å². The minimum atomic E-state index is -0.745. The molecule has 3 rings (SSSR count). The number of ether oxygens (including phenoxy) is 2. The Bertz CT molecular complexity index is 983. The normalized spacial score (nSPS) is 22.1. The standard InChI is InChI=1S/C25H35ClN2O6/c1-24(2,3)34-17(29)13-15-8-10-25(4,11-9-15)14-27-22(31)21(30)20-19(26)18(23(32)33-5)16-7-6-12-28(16)20/h15H,6-14H2,1-5H3,(H,27,31)/t15-,25-. The predicted octanol–water partition coefficient (Wildman–Crippen LogP) is 4.10. The molecular formula is C25H35ClN2O6. The number of methoxy groups -OCH3 is 1. The second kappa shape index (κ2) is 10.1. The first kappa shape index (κ1) is 26.3. The van der Waals surface area contributed by atoms with Crippen molar-refractivity contribution in [1.29, 1.82) is 0 Å². The maximum atomic E-state index is 13.0. The lowest BCUT2D eigenvalue weighted by Gasteiger charge is -2.37. The predicted molar refractivity (Wildman–Crippen MR) is 127 cm³/mol. The number of halogens is 1. The molecule has 0 spiro atoms. The molecule has 0 bridgehead atoms. The van der Waals surface area contributed by atoms with Crippen molar-refractivity contribution in [1.82, 2.24) is 9.88 Å². The van der Waals surface area contributed by atoms with Crippen molar-refractivity contribution in [2.24, 2.45) is 11.3 Å². The third kappa shape index (κ3) is 5.82. The van der Waals surface area contributed by atoms with E-state index in [4.69, 9.17) is 21.1 Å². The first-order valence-electron chi connectivity index (χ1n) is 11.9. The van der Waals surface area contributed by atoms with E-state index in [0.29, 0.717) is 31.6 Å². The van der Waals surface area contributed by atoms with Crippen LogP contribution in [0.4, 0.5) is 0 Å². The molecule has 1 aromatic heterocycles. The van der Waals surface area contributed by atoms with Gasteiger partial charge in [0.2, 0.25) is 0 Å². The fourth-order valence-corrected chi connectivity index (χ4v) is 5.31. The Kier molecular flexibility index (Phi) is 7.80. The number of carbonyl (C=O) groups is 4. The van der Waals surface area contributed by atoms with E-state index < -0.39 is 23.3 Å². The number of nitrogens with one attached hydrogen (secondary N) is 1. The van der Waals surface area contributed by atoms with Crippen molar-refractivity contribution in [3.05, 3.63) is 22.0 Å². The molecule has 34 heavy (non-hydrogen) atoms. The molecular weight excluding hydrogens is 460 g/mol. The number of hydrogen-bond donors (Lipinski definition) is 1. The van der Waals surface area contributed by atoms with Crippen molar-refractivity contribution in [2.45, 2.75) is 84.8 Å². The quantitative estimate of drug-likeness (QED) is 0.347. The number of hydrogen-bond acceptors (Lipinski definition) is 6. The van der Waals surface area contributed by atoms with Crippen molar-refractivity contribution < 1.29 is 28.7 Å².